The van der Waals surface area contributed by atoms with Crippen molar-refractivity contribution in [3.05, 3.63) is 52.1 Å². The average molecular weight is 292 g/mol. The monoisotopic (exact) mass is 292 g/mol. The minimum Gasteiger partial charge on any atom is -0.347 e. The Bertz CT molecular complexity index is 628. The smallest absolute Gasteiger partial charge is 0.283 e. The molecule has 1 aromatic heterocycles. The van der Waals surface area contributed by atoms with Crippen molar-refractivity contribution in [3.8, 4) is 0 Å². The number of nitro benzene ring substituents is 1. The third kappa shape index (κ3) is 3.15. The molecule has 0 aliphatic rings. The molecule has 7 nitrogen and oxygen atoms in total. The first-order valence-electron chi connectivity index (χ1n) is 5.69. The molecule has 0 aliphatic heterocycles. The van der Waals surface area contributed by atoms with Gasteiger partial charge in [-0.2, -0.15) is 0 Å². The lowest BCUT2D eigenvalue weighted by Gasteiger charge is -2.05. The van der Waals surface area contributed by atoms with Crippen molar-refractivity contribution in [2.24, 2.45) is 0 Å². The Kier molecular flexibility index (Phi) is 4.36. The predicted octanol–water partition coefficient (Wildman–Crippen LogP) is 1.97. The SMILES string of the molecule is CSc1ccc(C(=O)NCc2cnc[nH]2)cc1[N+](=O)[O-]. The van der Waals surface area contributed by atoms with E-state index in [1.165, 1.54) is 24.2 Å². The van der Waals surface area contributed by atoms with Crippen LogP contribution < -0.4 is 5.32 Å². The molecule has 0 fully saturated rings. The summed E-state index contributed by atoms with van der Waals surface area (Å²) in [6, 6.07) is 4.43. The van der Waals surface area contributed by atoms with E-state index in [-0.39, 0.29) is 23.7 Å². The number of H-pyrrole nitrogens is 1. The molecule has 1 heterocycles. The second-order valence-electron chi connectivity index (χ2n) is 3.90. The minimum absolute atomic E-state index is 0.0632. The van der Waals surface area contributed by atoms with Crippen LogP contribution in [0.1, 0.15) is 16.1 Å². The number of nitrogens with one attached hydrogen (secondary N) is 2. The second kappa shape index (κ2) is 6.20. The number of aromatic amines is 1. The molecule has 2 N–H and O–H groups in total. The van der Waals surface area contributed by atoms with E-state index in [4.69, 9.17) is 0 Å². The van der Waals surface area contributed by atoms with Gasteiger partial charge in [-0.15, -0.1) is 11.8 Å². The highest BCUT2D eigenvalue weighted by Crippen LogP contribution is 2.28. The number of nitro groups is 1. The fourth-order valence-corrected chi connectivity index (χ4v) is 2.18. The number of nitrogens with zero attached hydrogens (tertiary/aromatic N) is 2. The van der Waals surface area contributed by atoms with Gasteiger partial charge in [-0.1, -0.05) is 0 Å². The Morgan fingerprint density at radius 3 is 2.95 bits per heavy atom. The average Bonchev–Trinajstić information content (AvgIpc) is 2.97. The molecular formula is C12H12N4O3S. The lowest BCUT2D eigenvalue weighted by atomic mass is 10.2. The number of carbonyl (C=O) groups excluding carboxylic acids is 1. The zero-order valence-corrected chi connectivity index (χ0v) is 11.4. The van der Waals surface area contributed by atoms with Gasteiger partial charge in [0.25, 0.3) is 11.6 Å². The van der Waals surface area contributed by atoms with Gasteiger partial charge in [0.05, 0.1) is 28.4 Å². The molecule has 0 atom stereocenters. The van der Waals surface area contributed by atoms with Gasteiger partial charge in [0.2, 0.25) is 0 Å². The number of rotatable bonds is 5. The third-order valence-corrected chi connectivity index (χ3v) is 3.42. The van der Waals surface area contributed by atoms with E-state index in [2.05, 4.69) is 15.3 Å². The number of benzene rings is 1. The zero-order chi connectivity index (χ0) is 14.5. The Labute approximate surface area is 118 Å². The van der Waals surface area contributed by atoms with Crippen LogP contribution in [-0.2, 0) is 6.54 Å². The van der Waals surface area contributed by atoms with E-state index in [0.717, 1.165) is 5.69 Å². The lowest BCUT2D eigenvalue weighted by molar-refractivity contribution is -0.387. The van der Waals surface area contributed by atoms with Crippen molar-refractivity contribution in [1.82, 2.24) is 15.3 Å². The summed E-state index contributed by atoms with van der Waals surface area (Å²) in [5.41, 5.74) is 0.953. The van der Waals surface area contributed by atoms with Gasteiger partial charge in [0.1, 0.15) is 0 Å². The molecule has 0 bridgehead atoms. The summed E-state index contributed by atoms with van der Waals surface area (Å²) in [5, 5.41) is 13.6. The molecule has 8 heteroatoms. The van der Waals surface area contributed by atoms with Crippen LogP contribution in [0.3, 0.4) is 0 Å². The molecule has 2 rings (SSSR count). The molecule has 1 aromatic carbocycles. The Morgan fingerprint density at radius 1 is 1.55 bits per heavy atom. The predicted molar refractivity (Wildman–Crippen MR) is 74.6 cm³/mol. The van der Waals surface area contributed by atoms with Gasteiger partial charge in [-0.05, 0) is 18.4 Å². The lowest BCUT2D eigenvalue weighted by Crippen LogP contribution is -2.23. The number of amides is 1. The number of hydrogen-bond acceptors (Lipinski definition) is 5. The molecule has 0 unspecified atom stereocenters. The van der Waals surface area contributed by atoms with Crippen LogP contribution in [-0.4, -0.2) is 27.1 Å². The molecule has 2 aromatic rings. The van der Waals surface area contributed by atoms with Gasteiger partial charge >= 0.3 is 0 Å². The molecular weight excluding hydrogens is 280 g/mol. The molecule has 0 radical (unpaired) electrons. The standard InChI is InChI=1S/C12H12N4O3S/c1-20-11-3-2-8(4-10(11)16(18)19)12(17)14-6-9-5-13-7-15-9/h2-5,7H,6H2,1H3,(H,13,15)(H,14,17). The van der Waals surface area contributed by atoms with Gasteiger partial charge in [-0.3, -0.25) is 14.9 Å². The third-order valence-electron chi connectivity index (χ3n) is 2.63. The Morgan fingerprint density at radius 2 is 2.35 bits per heavy atom. The van der Waals surface area contributed by atoms with Crippen LogP contribution in [0.15, 0.2) is 35.6 Å². The van der Waals surface area contributed by atoms with E-state index < -0.39 is 4.92 Å². The van der Waals surface area contributed by atoms with Gasteiger partial charge in [-0.25, -0.2) is 4.98 Å². The molecule has 104 valence electrons. The fourth-order valence-electron chi connectivity index (χ4n) is 1.63. The highest BCUT2D eigenvalue weighted by atomic mass is 32.2. The van der Waals surface area contributed by atoms with Crippen molar-refractivity contribution in [1.29, 1.82) is 0 Å². The van der Waals surface area contributed by atoms with E-state index in [1.54, 1.807) is 24.6 Å². The van der Waals surface area contributed by atoms with Crippen LogP contribution in [0.2, 0.25) is 0 Å². The largest absolute Gasteiger partial charge is 0.347 e. The van der Waals surface area contributed by atoms with Crippen molar-refractivity contribution in [2.75, 3.05) is 6.26 Å². The summed E-state index contributed by atoms with van der Waals surface area (Å²) < 4.78 is 0. The highest BCUT2D eigenvalue weighted by Gasteiger charge is 2.16. The Hall–Kier alpha value is -2.35. The van der Waals surface area contributed by atoms with Gasteiger partial charge in [0, 0.05) is 17.8 Å². The van der Waals surface area contributed by atoms with Crippen molar-refractivity contribution in [2.45, 2.75) is 11.4 Å². The van der Waals surface area contributed by atoms with E-state index >= 15 is 0 Å². The first-order chi connectivity index (χ1) is 9.61. The maximum atomic E-state index is 11.9. The highest BCUT2D eigenvalue weighted by molar-refractivity contribution is 7.98. The fraction of sp³-hybridized carbons (Fsp3) is 0.167. The molecule has 20 heavy (non-hydrogen) atoms. The summed E-state index contributed by atoms with van der Waals surface area (Å²) in [6.07, 6.45) is 4.86. The number of hydrogen-bond donors (Lipinski definition) is 2. The van der Waals surface area contributed by atoms with Crippen LogP contribution in [0, 0.1) is 10.1 Å². The van der Waals surface area contributed by atoms with Crippen molar-refractivity contribution < 1.29 is 9.72 Å². The molecule has 0 aliphatic carbocycles. The van der Waals surface area contributed by atoms with Crippen LogP contribution in [0.4, 0.5) is 5.69 Å². The van der Waals surface area contributed by atoms with Crippen molar-refractivity contribution in [3.63, 3.8) is 0 Å². The van der Waals surface area contributed by atoms with Crippen LogP contribution >= 0.6 is 11.8 Å². The van der Waals surface area contributed by atoms with Crippen LogP contribution in [0.25, 0.3) is 0 Å². The summed E-state index contributed by atoms with van der Waals surface area (Å²) in [4.78, 5) is 29.6. The van der Waals surface area contributed by atoms with E-state index in [0.29, 0.717) is 4.90 Å². The quantitative estimate of drug-likeness (QED) is 0.498. The minimum atomic E-state index is -0.489. The molecule has 0 spiro atoms. The summed E-state index contributed by atoms with van der Waals surface area (Å²) in [7, 11) is 0. The van der Waals surface area contributed by atoms with E-state index in [9.17, 15) is 14.9 Å². The van der Waals surface area contributed by atoms with E-state index in [1.807, 2.05) is 0 Å². The maximum Gasteiger partial charge on any atom is 0.283 e. The molecule has 0 saturated carbocycles. The number of thioether (sulfide) groups is 1. The van der Waals surface area contributed by atoms with Crippen LogP contribution in [0.5, 0.6) is 0 Å². The Balaban J connectivity index is 2.13. The maximum absolute atomic E-state index is 11.9. The molecule has 1 amide bonds. The number of carbonyl (C=O) groups is 1. The van der Waals surface area contributed by atoms with Gasteiger partial charge < -0.3 is 10.3 Å². The topological polar surface area (TPSA) is 101 Å². The summed E-state index contributed by atoms with van der Waals surface area (Å²) in [5.74, 6) is -0.365. The summed E-state index contributed by atoms with van der Waals surface area (Å²) in [6.45, 7) is 0.289. The second-order valence-corrected chi connectivity index (χ2v) is 4.75. The first kappa shape index (κ1) is 14.1. The zero-order valence-electron chi connectivity index (χ0n) is 10.6. The van der Waals surface area contributed by atoms with Crippen molar-refractivity contribution >= 4 is 23.4 Å². The molecule has 0 saturated heterocycles. The first-order valence-corrected chi connectivity index (χ1v) is 6.92. The summed E-state index contributed by atoms with van der Waals surface area (Å²) >= 11 is 1.27. The number of imidazole rings is 1. The normalized spacial score (nSPS) is 10.2. The number of aromatic nitrogens is 2. The van der Waals surface area contributed by atoms with Gasteiger partial charge in [0.15, 0.2) is 0 Å².